The maximum Gasteiger partial charge on any atom is 0.433 e. The second kappa shape index (κ2) is 7.16. The number of anilines is 1. The lowest BCUT2D eigenvalue weighted by Crippen LogP contribution is -2.26. The molecule has 0 aromatic carbocycles. The molecule has 0 N–H and O–H groups in total. The Morgan fingerprint density at radius 2 is 2.07 bits per heavy atom. The van der Waals surface area contributed by atoms with E-state index in [0.717, 1.165) is 30.2 Å². The van der Waals surface area contributed by atoms with E-state index < -0.39 is 11.9 Å². The normalized spacial score (nSPS) is 17.8. The summed E-state index contributed by atoms with van der Waals surface area (Å²) in [5, 5.41) is 9.18. The Labute approximate surface area is 170 Å². The van der Waals surface area contributed by atoms with E-state index in [1.165, 1.54) is 10.8 Å². The number of hydrogen-bond donors (Lipinski definition) is 0. The molecule has 3 aromatic rings. The Morgan fingerprint density at radius 1 is 1.31 bits per heavy atom. The van der Waals surface area contributed by atoms with Gasteiger partial charge in [0.1, 0.15) is 17.3 Å². The van der Waals surface area contributed by atoms with E-state index >= 15 is 0 Å². The maximum absolute atomic E-state index is 13.4. The van der Waals surface area contributed by atoms with Gasteiger partial charge in [-0.05, 0) is 25.7 Å². The summed E-state index contributed by atoms with van der Waals surface area (Å²) in [5.74, 6) is 0.580. The molecule has 1 aliphatic heterocycles. The second-order valence-electron chi connectivity index (χ2n) is 7.69. The van der Waals surface area contributed by atoms with E-state index in [-0.39, 0.29) is 11.8 Å². The number of alkyl halides is 3. The van der Waals surface area contributed by atoms with Crippen molar-refractivity contribution in [2.45, 2.75) is 52.4 Å². The molecule has 11 heteroatoms. The first-order valence-corrected chi connectivity index (χ1v) is 9.82. The van der Waals surface area contributed by atoms with Gasteiger partial charge in [0.25, 0.3) is 5.78 Å². The summed E-state index contributed by atoms with van der Waals surface area (Å²) in [5.41, 5.74) is 0.646. The van der Waals surface area contributed by atoms with Crippen molar-refractivity contribution in [1.29, 1.82) is 0 Å². The fourth-order valence-electron chi connectivity index (χ4n) is 3.90. The van der Waals surface area contributed by atoms with Gasteiger partial charge in [-0.2, -0.15) is 32.9 Å². The van der Waals surface area contributed by atoms with Crippen LogP contribution in [0.25, 0.3) is 5.78 Å². The average Bonchev–Trinajstić information content (AvgIpc) is 3.32. The molecular weight excluding hydrogens is 407 g/mol. The Bertz CT molecular complexity index is 1040. The topological polar surface area (TPSA) is 64.1 Å². The molecule has 1 atom stereocenters. The van der Waals surface area contributed by atoms with Crippen LogP contribution in [0.4, 0.5) is 19.0 Å². The van der Waals surface area contributed by atoms with Gasteiger partial charge in [0.2, 0.25) is 0 Å². The molecule has 7 nitrogen and oxygen atoms in total. The second-order valence-corrected chi connectivity index (χ2v) is 8.04. The number of nitrogens with zero attached hydrogens (tertiary/aromatic N) is 7. The molecule has 1 aliphatic rings. The van der Waals surface area contributed by atoms with Crippen LogP contribution in [0.1, 0.15) is 49.7 Å². The number of aromatic nitrogens is 6. The van der Waals surface area contributed by atoms with Crippen molar-refractivity contribution in [1.82, 2.24) is 29.4 Å². The van der Waals surface area contributed by atoms with Crippen molar-refractivity contribution in [2.24, 2.45) is 5.92 Å². The summed E-state index contributed by atoms with van der Waals surface area (Å²) in [7, 11) is 0. The monoisotopic (exact) mass is 427 g/mol. The van der Waals surface area contributed by atoms with Gasteiger partial charge in [0, 0.05) is 24.7 Å². The smallest absolute Gasteiger partial charge is 0.349 e. The first-order valence-electron chi connectivity index (χ1n) is 9.44. The molecule has 0 bridgehead atoms. The molecule has 0 spiro atoms. The van der Waals surface area contributed by atoms with Crippen LogP contribution in [-0.4, -0.2) is 35.9 Å². The molecule has 0 radical (unpaired) electrons. The minimum absolute atomic E-state index is 0.0844. The van der Waals surface area contributed by atoms with Gasteiger partial charge in [0.15, 0.2) is 5.69 Å². The number of rotatable bonds is 4. The van der Waals surface area contributed by atoms with Crippen LogP contribution >= 0.6 is 11.6 Å². The van der Waals surface area contributed by atoms with Gasteiger partial charge in [-0.25, -0.2) is 4.98 Å². The Morgan fingerprint density at radius 3 is 2.76 bits per heavy atom. The minimum atomic E-state index is -4.58. The summed E-state index contributed by atoms with van der Waals surface area (Å²) >= 11 is 6.65. The van der Waals surface area contributed by atoms with Crippen molar-refractivity contribution in [3.05, 3.63) is 34.5 Å². The van der Waals surface area contributed by atoms with E-state index in [9.17, 15) is 13.2 Å². The van der Waals surface area contributed by atoms with Crippen molar-refractivity contribution in [3.63, 3.8) is 0 Å². The molecule has 3 aromatic heterocycles. The minimum Gasteiger partial charge on any atom is -0.349 e. The molecule has 0 aliphatic carbocycles. The summed E-state index contributed by atoms with van der Waals surface area (Å²) in [6.45, 7) is 7.28. The van der Waals surface area contributed by atoms with Gasteiger partial charge < -0.3 is 4.90 Å². The van der Waals surface area contributed by atoms with E-state index in [0.29, 0.717) is 30.0 Å². The highest BCUT2D eigenvalue weighted by molar-refractivity contribution is 6.30. The van der Waals surface area contributed by atoms with Crippen molar-refractivity contribution in [3.8, 4) is 0 Å². The van der Waals surface area contributed by atoms with E-state index in [2.05, 4.69) is 34.0 Å². The molecule has 4 heterocycles. The standard InChI is InChI=1S/C18H21ClF3N7/c1-10(2)8-28-16(19)15(11(3)26-28)12-5-4-6-27(12)14-7-13(18(20,21)22)25-17-23-9-24-29(14)17/h7,9-10,12H,4-6,8H2,1-3H3. The van der Waals surface area contributed by atoms with Crippen LogP contribution in [0, 0.1) is 12.8 Å². The molecular formula is C18H21ClF3N7. The summed E-state index contributed by atoms with van der Waals surface area (Å²) in [4.78, 5) is 9.37. The SMILES string of the molecule is Cc1nn(CC(C)C)c(Cl)c1C1CCCN1c1cc(C(F)(F)F)nc2ncnn12. The highest BCUT2D eigenvalue weighted by Gasteiger charge is 2.37. The van der Waals surface area contributed by atoms with Crippen molar-refractivity contribution < 1.29 is 13.2 Å². The quantitative estimate of drug-likeness (QED) is 0.621. The largest absolute Gasteiger partial charge is 0.433 e. The van der Waals surface area contributed by atoms with Crippen molar-refractivity contribution >= 4 is 23.2 Å². The molecule has 29 heavy (non-hydrogen) atoms. The van der Waals surface area contributed by atoms with E-state index in [1.54, 1.807) is 4.68 Å². The van der Waals surface area contributed by atoms with Crippen LogP contribution in [0.2, 0.25) is 5.15 Å². The zero-order chi connectivity index (χ0) is 20.9. The third-order valence-corrected chi connectivity index (χ3v) is 5.45. The molecule has 4 rings (SSSR count). The lowest BCUT2D eigenvalue weighted by atomic mass is 10.1. The molecule has 0 saturated carbocycles. The first kappa shape index (κ1) is 19.9. The van der Waals surface area contributed by atoms with Gasteiger partial charge in [0.05, 0.1) is 11.7 Å². The molecule has 1 fully saturated rings. The zero-order valence-electron chi connectivity index (χ0n) is 16.3. The fourth-order valence-corrected chi connectivity index (χ4v) is 4.27. The number of aryl methyl sites for hydroxylation is 1. The Hall–Kier alpha value is -2.36. The maximum atomic E-state index is 13.4. The molecule has 156 valence electrons. The Kier molecular flexibility index (Phi) is 4.92. The van der Waals surface area contributed by atoms with Crippen LogP contribution in [-0.2, 0) is 12.7 Å². The molecule has 0 amide bonds. The van der Waals surface area contributed by atoms with Crippen LogP contribution in [0.3, 0.4) is 0 Å². The van der Waals surface area contributed by atoms with E-state index in [1.807, 2.05) is 11.8 Å². The summed E-state index contributed by atoms with van der Waals surface area (Å²) in [6, 6.07) is 0.834. The van der Waals surface area contributed by atoms with Gasteiger partial charge >= 0.3 is 6.18 Å². The Balaban J connectivity index is 1.81. The summed E-state index contributed by atoms with van der Waals surface area (Å²) < 4.78 is 43.3. The summed E-state index contributed by atoms with van der Waals surface area (Å²) in [6.07, 6.45) is -1.80. The predicted molar refractivity (Wildman–Crippen MR) is 102 cm³/mol. The highest BCUT2D eigenvalue weighted by Crippen LogP contribution is 2.41. The van der Waals surface area contributed by atoms with Crippen molar-refractivity contribution in [2.75, 3.05) is 11.4 Å². The van der Waals surface area contributed by atoms with Crippen LogP contribution in [0.15, 0.2) is 12.4 Å². The lowest BCUT2D eigenvalue weighted by molar-refractivity contribution is -0.141. The predicted octanol–water partition coefficient (Wildman–Crippen LogP) is 4.30. The van der Waals surface area contributed by atoms with Gasteiger partial charge in [-0.15, -0.1) is 0 Å². The number of halogens is 4. The fraction of sp³-hybridized carbons (Fsp3) is 0.556. The molecule has 1 saturated heterocycles. The third kappa shape index (κ3) is 3.54. The van der Waals surface area contributed by atoms with Gasteiger partial charge in [-0.3, -0.25) is 4.68 Å². The highest BCUT2D eigenvalue weighted by atomic mass is 35.5. The first-order chi connectivity index (χ1) is 13.7. The van der Waals surface area contributed by atoms with Crippen LogP contribution < -0.4 is 4.90 Å². The third-order valence-electron chi connectivity index (χ3n) is 5.05. The zero-order valence-corrected chi connectivity index (χ0v) is 17.0. The number of hydrogen-bond acceptors (Lipinski definition) is 5. The number of fused-ring (bicyclic) bond motifs is 1. The lowest BCUT2D eigenvalue weighted by Gasteiger charge is -2.27. The molecule has 1 unspecified atom stereocenters. The van der Waals surface area contributed by atoms with Gasteiger partial charge in [-0.1, -0.05) is 25.4 Å². The average molecular weight is 428 g/mol. The van der Waals surface area contributed by atoms with Crippen LogP contribution in [0.5, 0.6) is 0 Å². The van der Waals surface area contributed by atoms with E-state index in [4.69, 9.17) is 11.6 Å².